The molecule has 1 amide bonds. The number of methoxy groups -OCH3 is 2. The largest absolute Gasteiger partial charge is 0.495 e. The fourth-order valence-corrected chi connectivity index (χ4v) is 3.67. The van der Waals surface area contributed by atoms with E-state index in [1.165, 1.54) is 14.2 Å². The van der Waals surface area contributed by atoms with Crippen molar-refractivity contribution in [3.8, 4) is 34.1 Å². The number of aryl methyl sites for hydroxylation is 1. The predicted molar refractivity (Wildman–Crippen MR) is 129 cm³/mol. The molecule has 1 N–H and O–H groups in total. The summed E-state index contributed by atoms with van der Waals surface area (Å²) in [5, 5.41) is 3.24. The van der Waals surface area contributed by atoms with E-state index in [2.05, 4.69) is 5.32 Å². The molecule has 4 aromatic rings. The molecular formula is C26H23ClN2O4. The highest BCUT2D eigenvalue weighted by Gasteiger charge is 2.18. The summed E-state index contributed by atoms with van der Waals surface area (Å²) in [4.78, 5) is 17.4. The van der Waals surface area contributed by atoms with E-state index in [1.807, 2.05) is 60.7 Å². The highest BCUT2D eigenvalue weighted by atomic mass is 35.5. The van der Waals surface area contributed by atoms with Gasteiger partial charge < -0.3 is 19.2 Å². The summed E-state index contributed by atoms with van der Waals surface area (Å²) in [5.41, 5.74) is 3.11. The topological polar surface area (TPSA) is 73.6 Å². The van der Waals surface area contributed by atoms with Crippen LogP contribution in [0.5, 0.6) is 11.5 Å². The quantitative estimate of drug-likeness (QED) is 0.335. The first-order valence-corrected chi connectivity index (χ1v) is 10.8. The molecule has 0 atom stereocenters. The second kappa shape index (κ2) is 10.2. The van der Waals surface area contributed by atoms with Crippen molar-refractivity contribution in [2.75, 3.05) is 19.5 Å². The lowest BCUT2D eigenvalue weighted by molar-refractivity contribution is -0.116. The minimum Gasteiger partial charge on any atom is -0.495 e. The van der Waals surface area contributed by atoms with Gasteiger partial charge in [0, 0.05) is 36.1 Å². The zero-order valence-electron chi connectivity index (χ0n) is 18.3. The van der Waals surface area contributed by atoms with Gasteiger partial charge in [0.25, 0.3) is 0 Å². The van der Waals surface area contributed by atoms with Gasteiger partial charge in [-0.2, -0.15) is 0 Å². The van der Waals surface area contributed by atoms with E-state index in [4.69, 9.17) is 30.5 Å². The predicted octanol–water partition coefficient (Wildman–Crippen LogP) is 6.25. The molecule has 0 fully saturated rings. The van der Waals surface area contributed by atoms with Crippen molar-refractivity contribution in [1.82, 2.24) is 4.98 Å². The van der Waals surface area contributed by atoms with E-state index in [0.717, 1.165) is 16.8 Å². The lowest BCUT2D eigenvalue weighted by Gasteiger charge is -2.13. The average Bonchev–Trinajstić information content (AvgIpc) is 3.29. The van der Waals surface area contributed by atoms with Crippen molar-refractivity contribution in [2.24, 2.45) is 0 Å². The summed E-state index contributed by atoms with van der Waals surface area (Å²) in [6.45, 7) is 0. The summed E-state index contributed by atoms with van der Waals surface area (Å²) in [7, 11) is 3.02. The van der Waals surface area contributed by atoms with E-state index >= 15 is 0 Å². The zero-order valence-corrected chi connectivity index (χ0v) is 19.1. The van der Waals surface area contributed by atoms with Gasteiger partial charge in [-0.25, -0.2) is 4.98 Å². The number of rotatable bonds is 8. The lowest BCUT2D eigenvalue weighted by Crippen LogP contribution is -2.13. The molecule has 0 spiro atoms. The Morgan fingerprint density at radius 1 is 0.939 bits per heavy atom. The molecule has 1 aromatic heterocycles. The van der Waals surface area contributed by atoms with Crippen LogP contribution in [0.2, 0.25) is 5.02 Å². The molecule has 4 rings (SSSR count). The van der Waals surface area contributed by atoms with Crippen LogP contribution in [0.4, 0.5) is 5.69 Å². The van der Waals surface area contributed by atoms with E-state index in [9.17, 15) is 4.79 Å². The van der Waals surface area contributed by atoms with E-state index < -0.39 is 0 Å². The first-order valence-electron chi connectivity index (χ1n) is 10.4. The maximum absolute atomic E-state index is 12.7. The summed E-state index contributed by atoms with van der Waals surface area (Å²) in [6.07, 6.45) is 0.516. The second-order valence-electron chi connectivity index (χ2n) is 7.25. The number of halogens is 1. The third kappa shape index (κ3) is 5.18. The molecule has 33 heavy (non-hydrogen) atoms. The molecule has 0 unspecified atom stereocenters. The number of anilines is 1. The highest BCUT2D eigenvalue weighted by Crippen LogP contribution is 2.36. The number of aromatic nitrogens is 1. The van der Waals surface area contributed by atoms with Crippen LogP contribution in [0.15, 0.2) is 77.2 Å². The Hall–Kier alpha value is -3.77. The van der Waals surface area contributed by atoms with Gasteiger partial charge >= 0.3 is 0 Å². The highest BCUT2D eigenvalue weighted by molar-refractivity contribution is 6.32. The van der Waals surface area contributed by atoms with Crippen molar-refractivity contribution in [2.45, 2.75) is 12.8 Å². The maximum Gasteiger partial charge on any atom is 0.224 e. The van der Waals surface area contributed by atoms with E-state index in [0.29, 0.717) is 40.3 Å². The van der Waals surface area contributed by atoms with Gasteiger partial charge in [-0.05, 0) is 0 Å². The number of benzene rings is 3. The molecule has 168 valence electrons. The van der Waals surface area contributed by atoms with Gasteiger partial charge in [0.15, 0.2) is 11.7 Å². The average molecular weight is 463 g/mol. The molecule has 0 aliphatic rings. The minimum absolute atomic E-state index is 0.178. The van der Waals surface area contributed by atoms with Crippen molar-refractivity contribution >= 4 is 23.2 Å². The van der Waals surface area contributed by atoms with Crippen molar-refractivity contribution in [1.29, 1.82) is 0 Å². The third-order valence-corrected chi connectivity index (χ3v) is 5.36. The number of nitrogens with one attached hydrogen (secondary N) is 1. The monoisotopic (exact) mass is 462 g/mol. The summed E-state index contributed by atoms with van der Waals surface area (Å²) in [5.74, 6) is 1.85. The number of hydrogen-bond acceptors (Lipinski definition) is 5. The van der Waals surface area contributed by atoms with Crippen molar-refractivity contribution < 1.29 is 18.7 Å². The van der Waals surface area contributed by atoms with Crippen molar-refractivity contribution in [3.63, 3.8) is 0 Å². The van der Waals surface area contributed by atoms with Crippen LogP contribution < -0.4 is 14.8 Å². The van der Waals surface area contributed by atoms with Crippen LogP contribution in [0.25, 0.3) is 22.6 Å². The van der Waals surface area contributed by atoms with Gasteiger partial charge in [-0.1, -0.05) is 72.3 Å². The van der Waals surface area contributed by atoms with Gasteiger partial charge in [0.05, 0.1) is 24.9 Å². The van der Waals surface area contributed by atoms with Crippen LogP contribution in [0.1, 0.15) is 12.3 Å². The van der Waals surface area contributed by atoms with Gasteiger partial charge in [0.2, 0.25) is 5.91 Å². The molecule has 0 radical (unpaired) electrons. The molecule has 6 nitrogen and oxygen atoms in total. The van der Waals surface area contributed by atoms with Crippen LogP contribution in [-0.4, -0.2) is 25.1 Å². The maximum atomic E-state index is 12.7. The fourth-order valence-electron chi connectivity index (χ4n) is 3.44. The second-order valence-corrected chi connectivity index (χ2v) is 7.66. The Morgan fingerprint density at radius 2 is 1.58 bits per heavy atom. The molecular weight excluding hydrogens is 440 g/mol. The first kappa shape index (κ1) is 22.4. The van der Waals surface area contributed by atoms with Crippen LogP contribution >= 0.6 is 11.6 Å². The zero-order chi connectivity index (χ0) is 23.2. The Labute approximate surface area is 197 Å². The molecule has 0 aliphatic carbocycles. The summed E-state index contributed by atoms with van der Waals surface area (Å²) >= 11 is 6.14. The normalized spacial score (nSPS) is 10.6. The number of oxazole rings is 1. The Balaban J connectivity index is 1.53. The number of nitrogens with zero attached hydrogens (tertiary/aromatic N) is 1. The molecule has 0 saturated heterocycles. The molecule has 1 heterocycles. The smallest absolute Gasteiger partial charge is 0.224 e. The molecule has 0 saturated carbocycles. The number of ether oxygens (including phenoxy) is 2. The van der Waals surface area contributed by atoms with Crippen molar-refractivity contribution in [3.05, 3.63) is 83.7 Å². The number of carbonyl (C=O) groups is 1. The molecule has 0 aliphatic heterocycles. The lowest BCUT2D eigenvalue weighted by atomic mass is 10.1. The summed E-state index contributed by atoms with van der Waals surface area (Å²) < 4.78 is 16.7. The Bertz CT molecular complexity index is 1180. The molecule has 3 aromatic carbocycles. The number of amides is 1. The first-order chi connectivity index (χ1) is 16.1. The standard InChI is InChI=1S/C26H23ClN2O4/c1-31-21-16-20(22(32-2)15-19(21)27)28-23(30)13-14-24-29-25(17-9-5-3-6-10-17)26(33-24)18-11-7-4-8-12-18/h3-12,15-16H,13-14H2,1-2H3,(H,28,30). The van der Waals surface area contributed by atoms with Gasteiger partial charge in [-0.15, -0.1) is 0 Å². The molecule has 0 bridgehead atoms. The number of carbonyl (C=O) groups excluding carboxylic acids is 1. The Morgan fingerprint density at radius 3 is 2.21 bits per heavy atom. The Kier molecular flexibility index (Phi) is 6.95. The van der Waals surface area contributed by atoms with Gasteiger partial charge in [-0.3, -0.25) is 4.79 Å². The SMILES string of the molecule is COc1cc(NC(=O)CCc2nc(-c3ccccc3)c(-c3ccccc3)o2)c(OC)cc1Cl. The third-order valence-electron chi connectivity index (χ3n) is 5.07. The molecule has 7 heteroatoms. The van der Waals surface area contributed by atoms with Crippen LogP contribution in [0, 0.1) is 0 Å². The van der Waals surface area contributed by atoms with E-state index in [1.54, 1.807) is 12.1 Å². The summed E-state index contributed by atoms with van der Waals surface area (Å²) in [6, 6.07) is 22.9. The van der Waals surface area contributed by atoms with Crippen LogP contribution in [0.3, 0.4) is 0 Å². The minimum atomic E-state index is -0.210. The fraction of sp³-hybridized carbons (Fsp3) is 0.154. The number of hydrogen-bond donors (Lipinski definition) is 1. The van der Waals surface area contributed by atoms with Gasteiger partial charge in [0.1, 0.15) is 17.2 Å². The van der Waals surface area contributed by atoms with Crippen LogP contribution in [-0.2, 0) is 11.2 Å². The van der Waals surface area contributed by atoms with E-state index in [-0.39, 0.29) is 12.3 Å².